The van der Waals surface area contributed by atoms with E-state index in [4.69, 9.17) is 18.9 Å². The number of nitrogens with one attached hydrogen (secondary N) is 2. The summed E-state index contributed by atoms with van der Waals surface area (Å²) in [6.45, 7) is 9.67. The third-order valence-corrected chi connectivity index (χ3v) is 4.75. The Bertz CT molecular complexity index is 987. The topological polar surface area (TPSA) is 120 Å². The Morgan fingerprint density at radius 2 is 1.03 bits per heavy atom. The zero-order chi connectivity index (χ0) is 26.9. The number of carbonyl (C=O) groups excluding carboxylic acids is 2. The molecule has 2 N–H and O–H groups in total. The molecule has 0 heterocycles. The van der Waals surface area contributed by atoms with Crippen molar-refractivity contribution in [3.05, 3.63) is 47.5 Å². The predicted molar refractivity (Wildman–Crippen MR) is 143 cm³/mol. The molecule has 2 aromatic carbocycles. The lowest BCUT2D eigenvalue weighted by Gasteiger charge is -2.11. The molecule has 0 bridgehead atoms. The minimum Gasteiger partial charge on any atom is -0.490 e. The van der Waals surface area contributed by atoms with E-state index in [1.165, 1.54) is 12.4 Å². The molecular weight excluding hydrogens is 476 g/mol. The molecule has 2 amide bonds. The van der Waals surface area contributed by atoms with E-state index in [0.717, 1.165) is 11.1 Å². The van der Waals surface area contributed by atoms with Crippen molar-refractivity contribution >= 4 is 24.2 Å². The summed E-state index contributed by atoms with van der Waals surface area (Å²) < 4.78 is 22.2. The van der Waals surface area contributed by atoms with Gasteiger partial charge >= 0.3 is 0 Å². The zero-order valence-corrected chi connectivity index (χ0v) is 21.9. The summed E-state index contributed by atoms with van der Waals surface area (Å²) in [4.78, 5) is 24.1. The Labute approximate surface area is 218 Å². The molecule has 2 aromatic rings. The fraction of sp³-hybridized carbons (Fsp3) is 0.407. The first kappa shape index (κ1) is 29.2. The number of rotatable bonds is 16. The SMILES string of the molecule is CCOc1ccc(/C=N\NC(=O)CCCC(=O)N/N=C/c2ccc(OCC)c(OCC)c2)cc1OCC. The minimum absolute atomic E-state index is 0.151. The normalized spacial score (nSPS) is 10.9. The van der Waals surface area contributed by atoms with Crippen LogP contribution in [0.2, 0.25) is 0 Å². The first-order valence-electron chi connectivity index (χ1n) is 12.4. The van der Waals surface area contributed by atoms with Crippen molar-refractivity contribution in [1.82, 2.24) is 10.9 Å². The highest BCUT2D eigenvalue weighted by atomic mass is 16.5. The number of hydrogen-bond acceptors (Lipinski definition) is 8. The van der Waals surface area contributed by atoms with Gasteiger partial charge in [0.25, 0.3) is 0 Å². The van der Waals surface area contributed by atoms with E-state index in [-0.39, 0.29) is 24.7 Å². The highest BCUT2D eigenvalue weighted by Gasteiger charge is 2.07. The van der Waals surface area contributed by atoms with Crippen molar-refractivity contribution in [2.24, 2.45) is 10.2 Å². The van der Waals surface area contributed by atoms with Crippen LogP contribution in [0.25, 0.3) is 0 Å². The number of ether oxygens (including phenoxy) is 4. The summed E-state index contributed by atoms with van der Waals surface area (Å²) in [6.07, 6.45) is 3.71. The van der Waals surface area contributed by atoms with Crippen molar-refractivity contribution in [3.8, 4) is 23.0 Å². The molecule has 0 unspecified atom stereocenters. The Balaban J connectivity index is 1.74. The van der Waals surface area contributed by atoms with Crippen LogP contribution in [0.15, 0.2) is 46.6 Å². The molecule has 0 radical (unpaired) electrons. The molecule has 0 saturated heterocycles. The maximum absolute atomic E-state index is 12.0. The quantitative estimate of drug-likeness (QED) is 0.259. The molecule has 10 heteroatoms. The lowest BCUT2D eigenvalue weighted by molar-refractivity contribution is -0.122. The van der Waals surface area contributed by atoms with Crippen LogP contribution < -0.4 is 29.8 Å². The van der Waals surface area contributed by atoms with Crippen LogP contribution in [0.3, 0.4) is 0 Å². The second kappa shape index (κ2) is 16.6. The summed E-state index contributed by atoms with van der Waals surface area (Å²) in [5, 5.41) is 7.95. The summed E-state index contributed by atoms with van der Waals surface area (Å²) in [6, 6.07) is 10.8. The van der Waals surface area contributed by atoms with Gasteiger partial charge in [-0.15, -0.1) is 0 Å². The van der Waals surface area contributed by atoms with Crippen molar-refractivity contribution in [2.75, 3.05) is 26.4 Å². The van der Waals surface area contributed by atoms with Crippen LogP contribution in [0, 0.1) is 0 Å². The smallest absolute Gasteiger partial charge is 0.240 e. The number of amides is 2. The standard InChI is InChI=1S/C27H36N4O6/c1-5-34-22-14-12-20(16-24(22)36-7-3)18-28-30-26(32)10-9-11-27(33)31-29-19-21-13-15-23(35-6-2)25(17-21)37-8-4/h12-19H,5-11H2,1-4H3,(H,30,32)(H,31,33)/b28-18-,29-19+. The number of hydrogen-bond donors (Lipinski definition) is 2. The molecule has 0 aliphatic heterocycles. The van der Waals surface area contributed by atoms with Crippen LogP contribution in [0.5, 0.6) is 23.0 Å². The van der Waals surface area contributed by atoms with Crippen LogP contribution in [-0.4, -0.2) is 50.7 Å². The van der Waals surface area contributed by atoms with Crippen molar-refractivity contribution in [1.29, 1.82) is 0 Å². The Kier molecular flexibility index (Phi) is 13.1. The Morgan fingerprint density at radius 1 is 0.649 bits per heavy atom. The second-order valence-electron chi connectivity index (χ2n) is 7.58. The van der Waals surface area contributed by atoms with E-state index >= 15 is 0 Å². The lowest BCUT2D eigenvalue weighted by Crippen LogP contribution is -2.20. The van der Waals surface area contributed by atoms with E-state index in [2.05, 4.69) is 21.1 Å². The highest BCUT2D eigenvalue weighted by Crippen LogP contribution is 2.28. The van der Waals surface area contributed by atoms with Gasteiger partial charge < -0.3 is 18.9 Å². The van der Waals surface area contributed by atoms with Gasteiger partial charge in [0.05, 0.1) is 38.9 Å². The van der Waals surface area contributed by atoms with Gasteiger partial charge in [0.15, 0.2) is 23.0 Å². The summed E-state index contributed by atoms with van der Waals surface area (Å²) >= 11 is 0. The maximum Gasteiger partial charge on any atom is 0.240 e. The van der Waals surface area contributed by atoms with Crippen molar-refractivity contribution in [2.45, 2.75) is 47.0 Å². The fourth-order valence-corrected chi connectivity index (χ4v) is 3.17. The van der Waals surface area contributed by atoms with E-state index in [1.807, 2.05) is 39.8 Å². The van der Waals surface area contributed by atoms with Gasteiger partial charge in [-0.3, -0.25) is 9.59 Å². The van der Waals surface area contributed by atoms with Gasteiger partial charge in [-0.05, 0) is 81.6 Å². The van der Waals surface area contributed by atoms with Gasteiger partial charge in [-0.1, -0.05) is 0 Å². The monoisotopic (exact) mass is 512 g/mol. The number of nitrogens with zero attached hydrogens (tertiary/aromatic N) is 2. The first-order valence-corrected chi connectivity index (χ1v) is 12.4. The minimum atomic E-state index is -0.290. The van der Waals surface area contributed by atoms with Crippen molar-refractivity contribution in [3.63, 3.8) is 0 Å². The molecule has 0 aliphatic rings. The van der Waals surface area contributed by atoms with Gasteiger partial charge in [-0.25, -0.2) is 10.9 Å². The molecule has 37 heavy (non-hydrogen) atoms. The van der Waals surface area contributed by atoms with Crippen LogP contribution >= 0.6 is 0 Å². The third-order valence-electron chi connectivity index (χ3n) is 4.75. The lowest BCUT2D eigenvalue weighted by atomic mass is 10.2. The largest absolute Gasteiger partial charge is 0.490 e. The molecule has 0 atom stereocenters. The average Bonchev–Trinajstić information content (AvgIpc) is 2.87. The second-order valence-corrected chi connectivity index (χ2v) is 7.58. The Hall–Kier alpha value is -4.08. The van der Waals surface area contributed by atoms with E-state index < -0.39 is 0 Å². The molecule has 0 saturated carbocycles. The zero-order valence-electron chi connectivity index (χ0n) is 21.9. The average molecular weight is 513 g/mol. The molecule has 0 fully saturated rings. The fourth-order valence-electron chi connectivity index (χ4n) is 3.17. The molecule has 0 aliphatic carbocycles. The predicted octanol–water partition coefficient (Wildman–Crippen LogP) is 4.05. The van der Waals surface area contributed by atoms with Crippen LogP contribution in [-0.2, 0) is 9.59 Å². The first-order chi connectivity index (χ1) is 18.0. The van der Waals surface area contributed by atoms with Gasteiger partial charge in [0.1, 0.15) is 0 Å². The third kappa shape index (κ3) is 10.6. The molecule has 0 spiro atoms. The van der Waals surface area contributed by atoms with Gasteiger partial charge in [0, 0.05) is 12.8 Å². The number of carbonyl (C=O) groups is 2. The van der Waals surface area contributed by atoms with Gasteiger partial charge in [0.2, 0.25) is 11.8 Å². The number of hydrazone groups is 2. The van der Waals surface area contributed by atoms with E-state index in [0.29, 0.717) is 55.8 Å². The highest BCUT2D eigenvalue weighted by molar-refractivity contribution is 5.84. The molecule has 0 aromatic heterocycles. The van der Waals surface area contributed by atoms with Crippen LogP contribution in [0.1, 0.15) is 58.1 Å². The molecular formula is C27H36N4O6. The Morgan fingerprint density at radius 3 is 1.41 bits per heavy atom. The summed E-state index contributed by atoms with van der Waals surface area (Å²) in [5.74, 6) is 1.96. The molecule has 200 valence electrons. The van der Waals surface area contributed by atoms with E-state index in [1.54, 1.807) is 24.3 Å². The molecule has 2 rings (SSSR count). The number of benzene rings is 2. The van der Waals surface area contributed by atoms with E-state index in [9.17, 15) is 9.59 Å². The molecule has 10 nitrogen and oxygen atoms in total. The van der Waals surface area contributed by atoms with Crippen LogP contribution in [0.4, 0.5) is 0 Å². The van der Waals surface area contributed by atoms with Gasteiger partial charge in [-0.2, -0.15) is 10.2 Å². The van der Waals surface area contributed by atoms with Crippen molar-refractivity contribution < 1.29 is 28.5 Å². The summed E-state index contributed by atoms with van der Waals surface area (Å²) in [5.41, 5.74) is 6.44. The maximum atomic E-state index is 12.0. The summed E-state index contributed by atoms with van der Waals surface area (Å²) in [7, 11) is 0.